The Morgan fingerprint density at radius 2 is 2.05 bits per heavy atom. The predicted octanol–water partition coefficient (Wildman–Crippen LogP) is 2.76. The molecule has 2 N–H and O–H groups in total. The maximum absolute atomic E-state index is 13.5. The number of halogens is 1. The molecule has 1 aliphatic carbocycles. The summed E-state index contributed by atoms with van der Waals surface area (Å²) in [4.78, 5) is 23.3. The van der Waals surface area contributed by atoms with Crippen LogP contribution in [0.1, 0.15) is 38.2 Å². The van der Waals surface area contributed by atoms with Crippen LogP contribution >= 0.6 is 0 Å². The number of rotatable bonds is 8. The molecule has 22 heavy (non-hydrogen) atoms. The number of aliphatic carboxylic acids is 1. The van der Waals surface area contributed by atoms with Crippen LogP contribution in [0.15, 0.2) is 24.3 Å². The Balaban J connectivity index is 1.82. The van der Waals surface area contributed by atoms with Crippen LogP contribution in [0.2, 0.25) is 0 Å². The molecular weight excluding hydrogens is 285 g/mol. The smallest absolute Gasteiger partial charge is 0.326 e. The van der Waals surface area contributed by atoms with E-state index >= 15 is 0 Å². The van der Waals surface area contributed by atoms with Crippen molar-refractivity contribution in [3.8, 4) is 0 Å². The first-order valence-electron chi connectivity index (χ1n) is 7.74. The van der Waals surface area contributed by atoms with Gasteiger partial charge in [-0.05, 0) is 36.8 Å². The van der Waals surface area contributed by atoms with E-state index in [0.29, 0.717) is 30.7 Å². The number of aryl methyl sites for hydroxylation is 1. The molecule has 120 valence electrons. The molecule has 0 aliphatic heterocycles. The van der Waals surface area contributed by atoms with Crippen LogP contribution in [-0.4, -0.2) is 23.0 Å². The average molecular weight is 307 g/mol. The highest BCUT2D eigenvalue weighted by molar-refractivity contribution is 5.84. The third-order valence-corrected chi connectivity index (χ3v) is 4.13. The Kier molecular flexibility index (Phi) is 5.52. The monoisotopic (exact) mass is 307 g/mol. The lowest BCUT2D eigenvalue weighted by atomic mass is 9.99. The van der Waals surface area contributed by atoms with Crippen molar-refractivity contribution in [3.05, 3.63) is 35.6 Å². The summed E-state index contributed by atoms with van der Waals surface area (Å²) in [5.41, 5.74) is 0.579. The lowest BCUT2D eigenvalue weighted by Crippen LogP contribution is -2.43. The van der Waals surface area contributed by atoms with Gasteiger partial charge in [0, 0.05) is 5.92 Å². The van der Waals surface area contributed by atoms with Gasteiger partial charge in [0.2, 0.25) is 5.91 Å². The summed E-state index contributed by atoms with van der Waals surface area (Å²) in [5, 5.41) is 11.8. The van der Waals surface area contributed by atoms with Gasteiger partial charge in [-0.15, -0.1) is 0 Å². The minimum atomic E-state index is -0.985. The first-order valence-corrected chi connectivity index (χ1v) is 7.74. The van der Waals surface area contributed by atoms with Gasteiger partial charge in [-0.3, -0.25) is 4.79 Å². The van der Waals surface area contributed by atoms with Gasteiger partial charge in [0.15, 0.2) is 0 Å². The van der Waals surface area contributed by atoms with E-state index in [2.05, 4.69) is 5.32 Å². The molecule has 0 bridgehead atoms. The zero-order valence-corrected chi connectivity index (χ0v) is 12.7. The number of amides is 1. The number of hydrogen-bond acceptors (Lipinski definition) is 2. The van der Waals surface area contributed by atoms with Crippen LogP contribution in [-0.2, 0) is 16.0 Å². The van der Waals surface area contributed by atoms with Crippen LogP contribution in [0.25, 0.3) is 0 Å². The number of carboxylic acids is 1. The highest BCUT2D eigenvalue weighted by atomic mass is 19.1. The summed E-state index contributed by atoms with van der Waals surface area (Å²) in [6, 6.07) is 5.68. The first-order chi connectivity index (χ1) is 10.5. The number of carbonyl (C=O) groups excluding carboxylic acids is 1. The van der Waals surface area contributed by atoms with E-state index in [1.54, 1.807) is 25.1 Å². The van der Waals surface area contributed by atoms with Gasteiger partial charge in [0.05, 0.1) is 0 Å². The number of hydrogen-bond donors (Lipinski definition) is 2. The topological polar surface area (TPSA) is 66.4 Å². The van der Waals surface area contributed by atoms with Crippen molar-refractivity contribution in [3.63, 3.8) is 0 Å². The van der Waals surface area contributed by atoms with E-state index in [4.69, 9.17) is 5.11 Å². The molecule has 2 unspecified atom stereocenters. The van der Waals surface area contributed by atoms with Crippen LogP contribution in [0.4, 0.5) is 4.39 Å². The van der Waals surface area contributed by atoms with Crippen molar-refractivity contribution in [2.24, 2.45) is 11.8 Å². The first kappa shape index (κ1) is 16.5. The Hall–Kier alpha value is -1.91. The molecule has 1 aromatic rings. The minimum Gasteiger partial charge on any atom is -0.480 e. The summed E-state index contributed by atoms with van der Waals surface area (Å²) >= 11 is 0. The fourth-order valence-corrected chi connectivity index (χ4v) is 2.43. The Morgan fingerprint density at radius 3 is 2.64 bits per heavy atom. The summed E-state index contributed by atoms with van der Waals surface area (Å²) in [5.74, 6) is -1.45. The molecule has 0 saturated heterocycles. The van der Waals surface area contributed by atoms with E-state index in [1.165, 1.54) is 6.07 Å². The summed E-state index contributed by atoms with van der Waals surface area (Å²) in [6.07, 6.45) is 3.54. The zero-order chi connectivity index (χ0) is 16.1. The molecule has 1 fully saturated rings. The van der Waals surface area contributed by atoms with E-state index in [1.807, 2.05) is 0 Å². The molecular formula is C17H22FNO3. The van der Waals surface area contributed by atoms with Crippen molar-refractivity contribution in [1.82, 2.24) is 5.32 Å². The van der Waals surface area contributed by atoms with Crippen LogP contribution < -0.4 is 5.32 Å². The van der Waals surface area contributed by atoms with Gasteiger partial charge < -0.3 is 10.4 Å². The van der Waals surface area contributed by atoms with E-state index < -0.39 is 12.0 Å². The van der Waals surface area contributed by atoms with Gasteiger partial charge in [0.1, 0.15) is 11.9 Å². The lowest BCUT2D eigenvalue weighted by molar-refractivity contribution is -0.142. The van der Waals surface area contributed by atoms with Crippen molar-refractivity contribution < 1.29 is 19.1 Å². The Bertz CT molecular complexity index is 542. The SMILES string of the molecule is CC(CCc1ccccc1F)C(=O)NC(CC1CC1)C(=O)O. The second-order valence-corrected chi connectivity index (χ2v) is 6.11. The number of carbonyl (C=O) groups is 2. The Morgan fingerprint density at radius 1 is 1.36 bits per heavy atom. The minimum absolute atomic E-state index is 0.271. The number of carboxylic acid groups (broad SMARTS) is 1. The lowest BCUT2D eigenvalue weighted by Gasteiger charge is -2.17. The van der Waals surface area contributed by atoms with E-state index in [9.17, 15) is 14.0 Å². The molecule has 1 amide bonds. The molecule has 0 spiro atoms. The highest BCUT2D eigenvalue weighted by Gasteiger charge is 2.31. The molecule has 0 heterocycles. The second kappa shape index (κ2) is 7.38. The van der Waals surface area contributed by atoms with Crippen LogP contribution in [0.5, 0.6) is 0 Å². The standard InChI is InChI=1S/C17H22FNO3/c1-11(6-9-13-4-2-3-5-14(13)18)16(20)19-15(17(21)22)10-12-7-8-12/h2-5,11-12,15H,6-10H2,1H3,(H,19,20)(H,21,22). The summed E-state index contributed by atoms with van der Waals surface area (Å²) in [7, 11) is 0. The fourth-order valence-electron chi connectivity index (χ4n) is 2.43. The normalized spacial score (nSPS) is 16.8. The molecule has 0 radical (unpaired) electrons. The molecule has 1 aromatic carbocycles. The number of nitrogens with one attached hydrogen (secondary N) is 1. The van der Waals surface area contributed by atoms with Gasteiger partial charge in [-0.1, -0.05) is 38.0 Å². The molecule has 5 heteroatoms. The number of benzene rings is 1. The summed E-state index contributed by atoms with van der Waals surface area (Å²) in [6.45, 7) is 1.74. The Labute approximate surface area is 129 Å². The highest BCUT2D eigenvalue weighted by Crippen LogP contribution is 2.33. The van der Waals surface area contributed by atoms with Crippen LogP contribution in [0, 0.1) is 17.7 Å². The van der Waals surface area contributed by atoms with Crippen molar-refractivity contribution in [2.45, 2.75) is 45.1 Å². The van der Waals surface area contributed by atoms with Crippen molar-refractivity contribution >= 4 is 11.9 Å². The zero-order valence-electron chi connectivity index (χ0n) is 12.7. The largest absolute Gasteiger partial charge is 0.480 e. The average Bonchev–Trinajstić information content (AvgIpc) is 3.29. The maximum Gasteiger partial charge on any atom is 0.326 e. The third kappa shape index (κ3) is 4.83. The maximum atomic E-state index is 13.5. The molecule has 2 rings (SSSR count). The van der Waals surface area contributed by atoms with Crippen molar-refractivity contribution in [1.29, 1.82) is 0 Å². The van der Waals surface area contributed by atoms with Gasteiger partial charge >= 0.3 is 5.97 Å². The molecule has 1 aliphatic rings. The van der Waals surface area contributed by atoms with Crippen molar-refractivity contribution in [2.75, 3.05) is 0 Å². The second-order valence-electron chi connectivity index (χ2n) is 6.11. The van der Waals surface area contributed by atoms with E-state index in [0.717, 1.165) is 12.8 Å². The summed E-state index contributed by atoms with van der Waals surface area (Å²) < 4.78 is 13.5. The van der Waals surface area contributed by atoms with Crippen LogP contribution in [0.3, 0.4) is 0 Å². The fraction of sp³-hybridized carbons (Fsp3) is 0.529. The molecule has 0 aromatic heterocycles. The molecule has 1 saturated carbocycles. The van der Waals surface area contributed by atoms with Gasteiger partial charge in [0.25, 0.3) is 0 Å². The quantitative estimate of drug-likeness (QED) is 0.776. The molecule has 2 atom stereocenters. The molecule has 4 nitrogen and oxygen atoms in total. The third-order valence-electron chi connectivity index (χ3n) is 4.13. The van der Waals surface area contributed by atoms with Gasteiger partial charge in [-0.25, -0.2) is 9.18 Å². The van der Waals surface area contributed by atoms with Gasteiger partial charge in [-0.2, -0.15) is 0 Å². The predicted molar refractivity (Wildman–Crippen MR) is 80.8 cm³/mol. The van der Waals surface area contributed by atoms with E-state index in [-0.39, 0.29) is 17.6 Å².